The minimum atomic E-state index is -0.0163. The third-order valence-electron chi connectivity index (χ3n) is 5.83. The number of hydrogen-bond donors (Lipinski definition) is 1. The molecule has 0 aromatic heterocycles. The van der Waals surface area contributed by atoms with E-state index in [0.717, 1.165) is 25.9 Å². The van der Waals surface area contributed by atoms with Gasteiger partial charge in [0.2, 0.25) is 0 Å². The second kappa shape index (κ2) is 9.90. The van der Waals surface area contributed by atoms with E-state index in [2.05, 4.69) is 41.1 Å². The summed E-state index contributed by atoms with van der Waals surface area (Å²) in [6, 6.07) is 9.44. The summed E-state index contributed by atoms with van der Waals surface area (Å²) in [7, 11) is 1.68. The molecule has 1 fully saturated rings. The van der Waals surface area contributed by atoms with Crippen LogP contribution in [0.5, 0.6) is 0 Å². The molecule has 0 radical (unpaired) electrons. The van der Waals surface area contributed by atoms with Crippen LogP contribution in [0.4, 0.5) is 4.79 Å². The van der Waals surface area contributed by atoms with E-state index >= 15 is 0 Å². The van der Waals surface area contributed by atoms with Gasteiger partial charge in [-0.2, -0.15) is 0 Å². The van der Waals surface area contributed by atoms with Gasteiger partial charge < -0.3 is 15.0 Å². The summed E-state index contributed by atoms with van der Waals surface area (Å²) >= 11 is 0. The first-order valence-corrected chi connectivity index (χ1v) is 10.1. The third-order valence-corrected chi connectivity index (χ3v) is 5.83. The van der Waals surface area contributed by atoms with Crippen LogP contribution < -0.4 is 5.32 Å². The molecule has 5 heteroatoms. The lowest BCUT2D eigenvalue weighted by atomic mass is 9.95. The van der Waals surface area contributed by atoms with Gasteiger partial charge in [-0.05, 0) is 49.3 Å². The first-order chi connectivity index (χ1) is 13.2. The van der Waals surface area contributed by atoms with Crippen LogP contribution in [0.25, 0.3) is 0 Å². The van der Waals surface area contributed by atoms with Gasteiger partial charge >= 0.3 is 6.03 Å². The fourth-order valence-corrected chi connectivity index (χ4v) is 4.43. The molecule has 1 aliphatic heterocycles. The summed E-state index contributed by atoms with van der Waals surface area (Å²) < 4.78 is 5.20. The van der Waals surface area contributed by atoms with Crippen LogP contribution in [0.15, 0.2) is 36.9 Å². The van der Waals surface area contributed by atoms with Gasteiger partial charge in [0.15, 0.2) is 0 Å². The molecular formula is C22H33N3O2. The van der Waals surface area contributed by atoms with Crippen molar-refractivity contribution in [2.24, 2.45) is 5.92 Å². The van der Waals surface area contributed by atoms with Gasteiger partial charge in [0, 0.05) is 39.3 Å². The SMILES string of the molecule is C=CCNC(=O)N(CCOC)C[C@H]1CCCN(C2Cc3ccccc3C2)C1. The highest BCUT2D eigenvalue weighted by Crippen LogP contribution is 2.29. The molecule has 0 bridgehead atoms. The highest BCUT2D eigenvalue weighted by molar-refractivity contribution is 5.74. The maximum atomic E-state index is 12.5. The lowest BCUT2D eigenvalue weighted by Gasteiger charge is -2.38. The summed E-state index contributed by atoms with van der Waals surface area (Å²) in [5.74, 6) is 0.522. The number of fused-ring (bicyclic) bond motifs is 1. The molecule has 2 amide bonds. The molecule has 5 nitrogen and oxygen atoms in total. The Morgan fingerprint density at radius 2 is 2.11 bits per heavy atom. The molecule has 27 heavy (non-hydrogen) atoms. The van der Waals surface area contributed by atoms with Gasteiger partial charge in [0.1, 0.15) is 0 Å². The summed E-state index contributed by atoms with van der Waals surface area (Å²) in [6.07, 6.45) is 6.44. The molecule has 1 aromatic carbocycles. The van der Waals surface area contributed by atoms with Gasteiger partial charge in [-0.25, -0.2) is 4.79 Å². The molecule has 1 aromatic rings. The van der Waals surface area contributed by atoms with Crippen molar-refractivity contribution in [3.05, 3.63) is 48.0 Å². The fraction of sp³-hybridized carbons (Fsp3) is 0.591. The monoisotopic (exact) mass is 371 g/mol. The molecule has 1 saturated heterocycles. The van der Waals surface area contributed by atoms with Crippen LogP contribution in [-0.4, -0.2) is 68.3 Å². The molecule has 0 spiro atoms. The number of hydrogen-bond acceptors (Lipinski definition) is 3. The van der Waals surface area contributed by atoms with Crippen LogP contribution >= 0.6 is 0 Å². The number of carbonyl (C=O) groups excluding carboxylic acids is 1. The number of ether oxygens (including phenoxy) is 1. The lowest BCUT2D eigenvalue weighted by molar-refractivity contribution is 0.0957. The number of amides is 2. The smallest absolute Gasteiger partial charge is 0.317 e. The highest BCUT2D eigenvalue weighted by atomic mass is 16.5. The Morgan fingerprint density at radius 1 is 1.37 bits per heavy atom. The van der Waals surface area contributed by atoms with Crippen molar-refractivity contribution in [2.75, 3.05) is 46.4 Å². The van der Waals surface area contributed by atoms with Gasteiger partial charge in [-0.1, -0.05) is 30.3 Å². The predicted molar refractivity (Wildman–Crippen MR) is 109 cm³/mol. The Labute approximate surface area is 163 Å². The fourth-order valence-electron chi connectivity index (χ4n) is 4.43. The Balaban J connectivity index is 1.56. The number of urea groups is 1. The molecule has 1 atom stereocenters. The highest BCUT2D eigenvalue weighted by Gasteiger charge is 2.31. The summed E-state index contributed by atoms with van der Waals surface area (Å²) in [4.78, 5) is 17.0. The van der Waals surface area contributed by atoms with Crippen molar-refractivity contribution in [3.63, 3.8) is 0 Å². The largest absolute Gasteiger partial charge is 0.383 e. The van der Waals surface area contributed by atoms with Crippen LogP contribution in [0.3, 0.4) is 0 Å². The minimum Gasteiger partial charge on any atom is -0.383 e. The summed E-state index contributed by atoms with van der Waals surface area (Å²) in [5.41, 5.74) is 3.02. The molecule has 1 heterocycles. The van der Waals surface area contributed by atoms with Crippen molar-refractivity contribution < 1.29 is 9.53 Å². The number of nitrogens with zero attached hydrogens (tertiary/aromatic N) is 2. The molecule has 148 valence electrons. The van der Waals surface area contributed by atoms with Gasteiger partial charge in [-0.15, -0.1) is 6.58 Å². The van der Waals surface area contributed by atoms with E-state index < -0.39 is 0 Å². The van der Waals surface area contributed by atoms with Crippen LogP contribution in [0.2, 0.25) is 0 Å². The minimum absolute atomic E-state index is 0.0163. The number of benzene rings is 1. The Morgan fingerprint density at radius 3 is 2.78 bits per heavy atom. The molecule has 2 aliphatic rings. The average molecular weight is 372 g/mol. The molecule has 1 N–H and O–H groups in total. The zero-order valence-electron chi connectivity index (χ0n) is 16.5. The van der Waals surface area contributed by atoms with Gasteiger partial charge in [-0.3, -0.25) is 4.90 Å². The van der Waals surface area contributed by atoms with Crippen molar-refractivity contribution in [1.29, 1.82) is 0 Å². The van der Waals surface area contributed by atoms with Crippen molar-refractivity contribution in [2.45, 2.75) is 31.7 Å². The number of likely N-dealkylation sites (tertiary alicyclic amines) is 1. The first-order valence-electron chi connectivity index (χ1n) is 10.1. The predicted octanol–water partition coefficient (Wildman–Crippen LogP) is 2.71. The topological polar surface area (TPSA) is 44.8 Å². The summed E-state index contributed by atoms with van der Waals surface area (Å²) in [5, 5.41) is 2.91. The standard InChI is InChI=1S/C22H33N3O2/c1-3-10-23-22(26)25(12-13-27-2)17-18-7-6-11-24(16-18)21-14-19-8-4-5-9-20(19)15-21/h3-5,8-9,18,21H,1,6-7,10-17H2,2H3,(H,23,26)/t18-/m0/s1. The van der Waals surface area contributed by atoms with E-state index in [1.807, 2.05) is 4.90 Å². The quantitative estimate of drug-likeness (QED) is 0.715. The second-order valence-electron chi connectivity index (χ2n) is 7.75. The molecular weight excluding hydrogens is 338 g/mol. The maximum absolute atomic E-state index is 12.5. The van der Waals surface area contributed by atoms with Crippen molar-refractivity contribution in [3.8, 4) is 0 Å². The average Bonchev–Trinajstić information content (AvgIpc) is 3.14. The van der Waals surface area contributed by atoms with E-state index in [-0.39, 0.29) is 6.03 Å². The van der Waals surface area contributed by atoms with E-state index in [0.29, 0.717) is 31.7 Å². The number of rotatable bonds is 8. The molecule has 0 unspecified atom stereocenters. The van der Waals surface area contributed by atoms with E-state index in [4.69, 9.17) is 4.74 Å². The molecule has 1 aliphatic carbocycles. The number of piperidine rings is 1. The molecule has 0 saturated carbocycles. The second-order valence-corrected chi connectivity index (χ2v) is 7.75. The Kier molecular flexibility index (Phi) is 7.30. The van der Waals surface area contributed by atoms with E-state index in [1.54, 1.807) is 13.2 Å². The number of nitrogens with one attached hydrogen (secondary N) is 1. The van der Waals surface area contributed by atoms with Crippen molar-refractivity contribution >= 4 is 6.03 Å². The van der Waals surface area contributed by atoms with Crippen molar-refractivity contribution in [1.82, 2.24) is 15.1 Å². The van der Waals surface area contributed by atoms with Gasteiger partial charge in [0.25, 0.3) is 0 Å². The Hall–Kier alpha value is -1.85. The van der Waals surface area contributed by atoms with Crippen LogP contribution in [0, 0.1) is 5.92 Å². The van der Waals surface area contributed by atoms with Gasteiger partial charge in [0.05, 0.1) is 6.61 Å². The lowest BCUT2D eigenvalue weighted by Crippen LogP contribution is -2.49. The third kappa shape index (κ3) is 5.33. The number of carbonyl (C=O) groups is 1. The zero-order valence-corrected chi connectivity index (χ0v) is 16.5. The first kappa shape index (κ1) is 19.9. The number of methoxy groups -OCH3 is 1. The Bertz CT molecular complexity index is 609. The maximum Gasteiger partial charge on any atom is 0.317 e. The summed E-state index contributed by atoms with van der Waals surface area (Å²) in [6.45, 7) is 8.42. The molecule has 3 rings (SSSR count). The van der Waals surface area contributed by atoms with E-state index in [1.165, 1.54) is 30.5 Å². The van der Waals surface area contributed by atoms with Crippen LogP contribution in [-0.2, 0) is 17.6 Å². The normalized spacial score (nSPS) is 20.3. The van der Waals surface area contributed by atoms with E-state index in [9.17, 15) is 4.79 Å². The zero-order chi connectivity index (χ0) is 19.1. The van der Waals surface area contributed by atoms with Crippen LogP contribution in [0.1, 0.15) is 24.0 Å².